The fourth-order valence-electron chi connectivity index (χ4n) is 4.26. The number of rotatable bonds is 8. The van der Waals surface area contributed by atoms with Crippen molar-refractivity contribution in [2.45, 2.75) is 80.6 Å². The third-order valence-electron chi connectivity index (χ3n) is 5.98. The van der Waals surface area contributed by atoms with Crippen LogP contribution in [0, 0.1) is 19.3 Å². The molecule has 2 N–H and O–H groups in total. The lowest BCUT2D eigenvalue weighted by Crippen LogP contribution is -2.33. The molecule has 0 unspecified atom stereocenters. The molecule has 2 aromatic heterocycles. The lowest BCUT2D eigenvalue weighted by molar-refractivity contribution is 0.0522. The highest BCUT2D eigenvalue weighted by molar-refractivity contribution is 5.86. The Kier molecular flexibility index (Phi) is 8.73. The average molecular weight is 537 g/mol. The summed E-state index contributed by atoms with van der Waals surface area (Å²) in [7, 11) is 1.56. The molecule has 0 bridgehead atoms. The molecule has 1 amide bonds. The standard InChI is InChI=1S/C30H40N4O5/c1-18-10-12-20(13-11-18)26-21(16-31-28(37)39-30(6,7)8)23(15-29(3,4)5)32-19(2)22(26)17-38-25-14-24(27(35)36)34(9)33-25/h10-14H,15-17H2,1-9H3,(H,31,37)(H,35,36). The van der Waals surface area contributed by atoms with E-state index in [9.17, 15) is 14.7 Å². The molecule has 39 heavy (non-hydrogen) atoms. The fourth-order valence-corrected chi connectivity index (χ4v) is 4.26. The van der Waals surface area contributed by atoms with Gasteiger partial charge in [-0.25, -0.2) is 9.59 Å². The van der Waals surface area contributed by atoms with Gasteiger partial charge >= 0.3 is 12.1 Å². The lowest BCUT2D eigenvalue weighted by atomic mass is 9.85. The maximum absolute atomic E-state index is 12.6. The minimum Gasteiger partial charge on any atom is -0.477 e. The number of amides is 1. The van der Waals surface area contributed by atoms with Gasteiger partial charge in [-0.3, -0.25) is 9.67 Å². The highest BCUT2D eigenvalue weighted by Gasteiger charge is 2.25. The second kappa shape index (κ2) is 11.5. The number of alkyl carbamates (subject to hydrolysis) is 1. The van der Waals surface area contributed by atoms with Crippen molar-refractivity contribution in [1.29, 1.82) is 0 Å². The number of hydrogen-bond acceptors (Lipinski definition) is 6. The Balaban J connectivity index is 2.13. The summed E-state index contributed by atoms with van der Waals surface area (Å²) in [5.41, 5.74) is 5.77. The number of ether oxygens (including phenoxy) is 2. The van der Waals surface area contributed by atoms with Gasteiger partial charge in [-0.05, 0) is 57.6 Å². The summed E-state index contributed by atoms with van der Waals surface area (Å²) in [6.45, 7) is 16.2. The molecule has 210 valence electrons. The lowest BCUT2D eigenvalue weighted by Gasteiger charge is -2.26. The Morgan fingerprint density at radius 2 is 1.67 bits per heavy atom. The number of carboxylic acids is 1. The van der Waals surface area contributed by atoms with Crippen LogP contribution >= 0.6 is 0 Å². The van der Waals surface area contributed by atoms with Gasteiger partial charge in [0, 0.05) is 42.2 Å². The van der Waals surface area contributed by atoms with E-state index in [0.29, 0.717) is 6.42 Å². The van der Waals surface area contributed by atoms with Crippen LogP contribution in [-0.2, 0) is 31.4 Å². The number of aryl methyl sites for hydroxylation is 3. The Morgan fingerprint density at radius 1 is 1.03 bits per heavy atom. The van der Waals surface area contributed by atoms with Crippen LogP contribution in [0.1, 0.15) is 80.1 Å². The molecular formula is C30H40N4O5. The Labute approximate surface area is 230 Å². The van der Waals surface area contributed by atoms with Gasteiger partial charge in [0.1, 0.15) is 17.9 Å². The van der Waals surface area contributed by atoms with Gasteiger partial charge in [-0.1, -0.05) is 50.6 Å². The normalized spacial score (nSPS) is 11.8. The maximum atomic E-state index is 12.6. The van der Waals surface area contributed by atoms with Crippen LogP contribution in [0.15, 0.2) is 30.3 Å². The Hall–Kier alpha value is -3.88. The third kappa shape index (κ3) is 8.05. The molecule has 0 atom stereocenters. The summed E-state index contributed by atoms with van der Waals surface area (Å²) in [6.07, 6.45) is 0.189. The van der Waals surface area contributed by atoms with Crippen LogP contribution in [0.5, 0.6) is 5.88 Å². The first-order valence-electron chi connectivity index (χ1n) is 13.0. The third-order valence-corrected chi connectivity index (χ3v) is 5.98. The summed E-state index contributed by atoms with van der Waals surface area (Å²) >= 11 is 0. The predicted molar refractivity (Wildman–Crippen MR) is 150 cm³/mol. The molecule has 3 rings (SSSR count). The minimum atomic E-state index is -1.08. The van der Waals surface area contributed by atoms with E-state index in [1.54, 1.807) is 7.05 Å². The second-order valence-corrected chi connectivity index (χ2v) is 12.0. The molecule has 0 radical (unpaired) electrons. The molecule has 0 fully saturated rings. The van der Waals surface area contributed by atoms with Crippen LogP contribution in [0.25, 0.3) is 11.1 Å². The molecule has 9 heteroatoms. The van der Waals surface area contributed by atoms with E-state index < -0.39 is 17.7 Å². The Morgan fingerprint density at radius 3 is 2.21 bits per heavy atom. The monoisotopic (exact) mass is 536 g/mol. The molecule has 0 aliphatic heterocycles. The van der Waals surface area contributed by atoms with Gasteiger partial charge < -0.3 is 19.9 Å². The summed E-state index contributed by atoms with van der Waals surface area (Å²) < 4.78 is 12.8. The molecular weight excluding hydrogens is 496 g/mol. The summed E-state index contributed by atoms with van der Waals surface area (Å²) in [5.74, 6) is -0.878. The highest BCUT2D eigenvalue weighted by atomic mass is 16.6. The first-order valence-corrected chi connectivity index (χ1v) is 13.0. The van der Waals surface area contributed by atoms with Gasteiger partial charge in [0.05, 0.1) is 0 Å². The van der Waals surface area contributed by atoms with Crippen molar-refractivity contribution in [3.05, 3.63) is 64.1 Å². The van der Waals surface area contributed by atoms with Crippen LogP contribution in [0.4, 0.5) is 4.79 Å². The number of pyridine rings is 1. The van der Waals surface area contributed by atoms with Gasteiger partial charge in [-0.2, -0.15) is 0 Å². The van der Waals surface area contributed by atoms with E-state index >= 15 is 0 Å². The number of aromatic nitrogens is 3. The van der Waals surface area contributed by atoms with E-state index in [2.05, 4.69) is 43.3 Å². The summed E-state index contributed by atoms with van der Waals surface area (Å²) in [6, 6.07) is 9.59. The number of benzene rings is 1. The van der Waals surface area contributed by atoms with Crippen LogP contribution in [0.2, 0.25) is 0 Å². The summed E-state index contributed by atoms with van der Waals surface area (Å²) in [4.78, 5) is 29.1. The van der Waals surface area contributed by atoms with Gasteiger partial charge in [0.15, 0.2) is 0 Å². The zero-order chi connectivity index (χ0) is 29.1. The van der Waals surface area contributed by atoms with Crippen molar-refractivity contribution in [2.75, 3.05) is 0 Å². The first-order chi connectivity index (χ1) is 18.0. The van der Waals surface area contributed by atoms with Crippen molar-refractivity contribution >= 4 is 12.1 Å². The number of carbonyl (C=O) groups is 2. The number of hydrogen-bond donors (Lipinski definition) is 2. The van der Waals surface area contributed by atoms with Gasteiger partial charge in [0.2, 0.25) is 5.88 Å². The number of aromatic carboxylic acids is 1. The number of nitrogens with one attached hydrogen (secondary N) is 1. The van der Waals surface area contributed by atoms with Crippen molar-refractivity contribution < 1.29 is 24.2 Å². The van der Waals surface area contributed by atoms with Crippen LogP contribution in [-0.4, -0.2) is 37.5 Å². The molecule has 0 spiro atoms. The molecule has 1 aromatic carbocycles. The topological polar surface area (TPSA) is 116 Å². The predicted octanol–water partition coefficient (Wildman–Crippen LogP) is 5.99. The zero-order valence-corrected chi connectivity index (χ0v) is 24.4. The van der Waals surface area contributed by atoms with Crippen LogP contribution in [0.3, 0.4) is 0 Å². The quantitative estimate of drug-likeness (QED) is 0.363. The number of nitrogens with zero attached hydrogens (tertiary/aromatic N) is 3. The van der Waals surface area contributed by atoms with E-state index in [1.165, 1.54) is 10.7 Å². The van der Waals surface area contributed by atoms with Crippen molar-refractivity contribution in [3.63, 3.8) is 0 Å². The first kappa shape index (κ1) is 29.7. The average Bonchev–Trinajstić information content (AvgIpc) is 3.16. The Bertz CT molecular complexity index is 1350. The van der Waals surface area contributed by atoms with E-state index in [-0.39, 0.29) is 30.1 Å². The minimum absolute atomic E-state index is 0.0291. The molecule has 0 aliphatic carbocycles. The molecule has 2 heterocycles. The van der Waals surface area contributed by atoms with E-state index in [1.807, 2.05) is 46.8 Å². The van der Waals surface area contributed by atoms with Crippen LogP contribution < -0.4 is 10.1 Å². The zero-order valence-electron chi connectivity index (χ0n) is 24.4. The summed E-state index contributed by atoms with van der Waals surface area (Å²) in [5, 5.41) is 16.5. The highest BCUT2D eigenvalue weighted by Crippen LogP contribution is 2.35. The largest absolute Gasteiger partial charge is 0.477 e. The van der Waals surface area contributed by atoms with E-state index in [0.717, 1.165) is 39.2 Å². The number of carboxylic acid groups (broad SMARTS) is 1. The molecule has 0 aliphatic rings. The SMILES string of the molecule is Cc1ccc(-c2c(COc3cc(C(=O)O)n(C)n3)c(C)nc(CC(C)(C)C)c2CNC(=O)OC(C)(C)C)cc1. The number of carbonyl (C=O) groups excluding carboxylic acids is 1. The van der Waals surface area contributed by atoms with Gasteiger partial charge in [0.25, 0.3) is 0 Å². The molecule has 0 saturated carbocycles. The van der Waals surface area contributed by atoms with E-state index in [4.69, 9.17) is 14.5 Å². The fraction of sp³-hybridized carbons (Fsp3) is 0.467. The molecule has 3 aromatic rings. The molecule has 0 saturated heterocycles. The second-order valence-electron chi connectivity index (χ2n) is 12.0. The van der Waals surface area contributed by atoms with Gasteiger partial charge in [-0.15, -0.1) is 5.10 Å². The van der Waals surface area contributed by atoms with Crippen molar-refractivity contribution in [1.82, 2.24) is 20.1 Å². The van der Waals surface area contributed by atoms with Crippen molar-refractivity contribution in [2.24, 2.45) is 12.5 Å². The van der Waals surface area contributed by atoms with Crippen molar-refractivity contribution in [3.8, 4) is 17.0 Å². The smallest absolute Gasteiger partial charge is 0.407 e. The maximum Gasteiger partial charge on any atom is 0.407 e. The molecule has 9 nitrogen and oxygen atoms in total.